The monoisotopic (exact) mass is 516 g/mol. The van der Waals surface area contributed by atoms with Gasteiger partial charge in [0, 0.05) is 40.6 Å². The number of hydrogen-bond donors (Lipinski definition) is 6. The molecule has 2 aromatic carbocycles. The number of rotatable bonds is 11. The highest BCUT2D eigenvalue weighted by Gasteiger charge is 2.27. The van der Waals surface area contributed by atoms with Gasteiger partial charge in [-0.25, -0.2) is 0 Å². The van der Waals surface area contributed by atoms with E-state index in [4.69, 9.17) is 5.73 Å². The maximum Gasteiger partial charge on any atom is 0.243 e. The molecule has 0 unspecified atom stereocenters. The summed E-state index contributed by atoms with van der Waals surface area (Å²) in [7, 11) is 0. The Kier molecular flexibility index (Phi) is 8.22. The van der Waals surface area contributed by atoms with Crippen LogP contribution in [0.4, 0.5) is 0 Å². The van der Waals surface area contributed by atoms with Crippen molar-refractivity contribution >= 4 is 45.8 Å². The van der Waals surface area contributed by atoms with Crippen LogP contribution in [0.25, 0.3) is 21.8 Å². The van der Waals surface area contributed by atoms with E-state index in [1.807, 2.05) is 54.7 Å². The predicted molar refractivity (Wildman–Crippen MR) is 145 cm³/mol. The van der Waals surface area contributed by atoms with Gasteiger partial charge in [-0.1, -0.05) is 36.4 Å². The third-order valence-corrected chi connectivity index (χ3v) is 6.51. The van der Waals surface area contributed by atoms with Crippen molar-refractivity contribution in [2.75, 3.05) is 0 Å². The van der Waals surface area contributed by atoms with Crippen LogP contribution in [0.1, 0.15) is 25.0 Å². The van der Waals surface area contributed by atoms with Crippen LogP contribution in [0.15, 0.2) is 60.9 Å². The Labute approximate surface area is 219 Å². The molecule has 10 nitrogen and oxygen atoms in total. The van der Waals surface area contributed by atoms with Gasteiger partial charge < -0.3 is 36.4 Å². The van der Waals surface area contributed by atoms with Gasteiger partial charge in [0.1, 0.15) is 18.4 Å². The molecule has 0 aliphatic rings. The molecule has 3 amide bonds. The first-order valence-electron chi connectivity index (χ1n) is 12.5. The van der Waals surface area contributed by atoms with Gasteiger partial charge in [-0.3, -0.25) is 14.4 Å². The number of H-pyrrole nitrogens is 2. The van der Waals surface area contributed by atoms with Gasteiger partial charge in [0.15, 0.2) is 0 Å². The van der Waals surface area contributed by atoms with Gasteiger partial charge >= 0.3 is 0 Å². The van der Waals surface area contributed by atoms with Gasteiger partial charge in [-0.05, 0) is 43.5 Å². The number of carbonyl (C=O) groups is 4. The minimum atomic E-state index is -0.969. The van der Waals surface area contributed by atoms with Crippen LogP contribution in [0.5, 0.6) is 0 Å². The van der Waals surface area contributed by atoms with Crippen LogP contribution >= 0.6 is 0 Å². The lowest BCUT2D eigenvalue weighted by Gasteiger charge is -2.23. The molecule has 0 aliphatic heterocycles. The van der Waals surface area contributed by atoms with Crippen molar-refractivity contribution in [3.8, 4) is 0 Å². The van der Waals surface area contributed by atoms with Gasteiger partial charge in [0.25, 0.3) is 0 Å². The molecule has 0 saturated heterocycles. The van der Waals surface area contributed by atoms with E-state index < -0.39 is 41.9 Å². The normalized spacial score (nSPS) is 14.4. The van der Waals surface area contributed by atoms with E-state index in [0.29, 0.717) is 12.7 Å². The van der Waals surface area contributed by atoms with Crippen LogP contribution in [0.2, 0.25) is 0 Å². The summed E-state index contributed by atoms with van der Waals surface area (Å²) in [6.45, 7) is 3.08. The average Bonchev–Trinajstić information content (AvgIpc) is 3.52. The van der Waals surface area contributed by atoms with E-state index in [9.17, 15) is 19.2 Å². The summed E-state index contributed by atoms with van der Waals surface area (Å²) in [6, 6.07) is 11.8. The van der Waals surface area contributed by atoms with E-state index in [-0.39, 0.29) is 6.42 Å². The molecule has 4 aromatic rings. The van der Waals surface area contributed by atoms with Crippen LogP contribution in [-0.2, 0) is 32.0 Å². The maximum absolute atomic E-state index is 13.0. The summed E-state index contributed by atoms with van der Waals surface area (Å²) in [5, 5.41) is 9.86. The largest absolute Gasteiger partial charge is 0.361 e. The SMILES string of the molecule is C[C@H](NC(=O)[C@@H](N)Cc1c[nH]c2ccccc12)C(=O)N[C@@H](Cc1c[nH]c2ccccc12)C(=O)N[C@@H](C)C=O. The molecule has 2 heterocycles. The summed E-state index contributed by atoms with van der Waals surface area (Å²) < 4.78 is 0. The number of aldehydes is 1. The minimum absolute atomic E-state index is 0.188. The highest BCUT2D eigenvalue weighted by Crippen LogP contribution is 2.20. The van der Waals surface area contributed by atoms with Crippen molar-refractivity contribution in [2.45, 2.75) is 50.9 Å². The molecule has 0 bridgehead atoms. The smallest absolute Gasteiger partial charge is 0.243 e. The Hall–Kier alpha value is -4.44. The fourth-order valence-electron chi connectivity index (χ4n) is 4.40. The molecule has 0 saturated carbocycles. The van der Waals surface area contributed by atoms with Crippen molar-refractivity contribution in [1.29, 1.82) is 0 Å². The Bertz CT molecular complexity index is 1460. The zero-order valence-corrected chi connectivity index (χ0v) is 21.3. The number of amides is 3. The number of nitrogens with two attached hydrogens (primary N) is 1. The highest BCUT2D eigenvalue weighted by atomic mass is 16.2. The number of carbonyl (C=O) groups excluding carboxylic acids is 4. The fourth-order valence-corrected chi connectivity index (χ4v) is 4.40. The minimum Gasteiger partial charge on any atom is -0.361 e. The zero-order chi connectivity index (χ0) is 27.2. The van der Waals surface area contributed by atoms with Gasteiger partial charge in [-0.2, -0.15) is 0 Å². The number of aromatic nitrogens is 2. The van der Waals surface area contributed by atoms with Crippen molar-refractivity contribution in [3.05, 3.63) is 72.1 Å². The summed E-state index contributed by atoms with van der Waals surface area (Å²) in [6.07, 6.45) is 4.70. The van der Waals surface area contributed by atoms with Crippen LogP contribution in [-0.4, -0.2) is 58.1 Å². The van der Waals surface area contributed by atoms with E-state index in [0.717, 1.165) is 32.9 Å². The molecule has 4 atom stereocenters. The molecular weight excluding hydrogens is 484 g/mol. The van der Waals surface area contributed by atoms with E-state index >= 15 is 0 Å². The fraction of sp³-hybridized carbons (Fsp3) is 0.286. The first-order valence-corrected chi connectivity index (χ1v) is 12.5. The van der Waals surface area contributed by atoms with Crippen molar-refractivity contribution in [2.24, 2.45) is 5.73 Å². The highest BCUT2D eigenvalue weighted by molar-refractivity contribution is 5.94. The van der Waals surface area contributed by atoms with E-state index in [1.54, 1.807) is 13.1 Å². The van der Waals surface area contributed by atoms with E-state index in [1.165, 1.54) is 6.92 Å². The topological polar surface area (TPSA) is 162 Å². The molecule has 4 rings (SSSR count). The lowest BCUT2D eigenvalue weighted by molar-refractivity contribution is -0.132. The third kappa shape index (κ3) is 6.09. The van der Waals surface area contributed by atoms with Crippen LogP contribution < -0.4 is 21.7 Å². The molecule has 0 radical (unpaired) electrons. The Balaban J connectivity index is 1.41. The number of para-hydroxylation sites is 2. The van der Waals surface area contributed by atoms with Gasteiger partial charge in [-0.15, -0.1) is 0 Å². The lowest BCUT2D eigenvalue weighted by atomic mass is 10.0. The van der Waals surface area contributed by atoms with Crippen molar-refractivity contribution in [3.63, 3.8) is 0 Å². The molecular formula is C28H32N6O4. The third-order valence-electron chi connectivity index (χ3n) is 6.51. The standard InChI is InChI=1S/C28H32N6O4/c1-16(15-35)32-28(38)25(12-19-14-31-24-10-6-4-8-21(19)24)34-26(36)17(2)33-27(37)22(29)11-18-13-30-23-9-5-3-7-20(18)23/h3-10,13-17,22,25,30-31H,11-12,29H2,1-2H3,(H,32,38)(H,33,37)(H,34,36)/t16-,17-,22-,25-/m0/s1. The molecule has 38 heavy (non-hydrogen) atoms. The van der Waals surface area contributed by atoms with Gasteiger partial charge in [0.05, 0.1) is 12.1 Å². The van der Waals surface area contributed by atoms with Crippen LogP contribution in [0.3, 0.4) is 0 Å². The summed E-state index contributed by atoms with van der Waals surface area (Å²) in [4.78, 5) is 56.1. The second kappa shape index (κ2) is 11.7. The molecule has 0 spiro atoms. The second-order valence-electron chi connectivity index (χ2n) is 9.46. The predicted octanol–water partition coefficient (Wildman–Crippen LogP) is 1.45. The molecule has 2 aromatic heterocycles. The summed E-state index contributed by atoms with van der Waals surface area (Å²) in [5.41, 5.74) is 9.74. The van der Waals surface area contributed by atoms with Gasteiger partial charge in [0.2, 0.25) is 17.7 Å². The molecule has 10 heteroatoms. The quantitative estimate of drug-likeness (QED) is 0.166. The Morgan fingerprint density at radius 3 is 1.92 bits per heavy atom. The lowest BCUT2D eigenvalue weighted by Crippen LogP contribution is -2.56. The molecule has 7 N–H and O–H groups in total. The van der Waals surface area contributed by atoms with E-state index in [2.05, 4.69) is 25.9 Å². The number of benzene rings is 2. The first-order chi connectivity index (χ1) is 18.3. The molecule has 0 fully saturated rings. The second-order valence-corrected chi connectivity index (χ2v) is 9.46. The number of fused-ring (bicyclic) bond motifs is 2. The molecule has 198 valence electrons. The maximum atomic E-state index is 13.0. The summed E-state index contributed by atoms with van der Waals surface area (Å²) >= 11 is 0. The van der Waals surface area contributed by atoms with Crippen molar-refractivity contribution < 1.29 is 19.2 Å². The number of aromatic amines is 2. The number of hydrogen-bond acceptors (Lipinski definition) is 5. The van der Waals surface area contributed by atoms with Crippen LogP contribution in [0, 0.1) is 0 Å². The molecule has 0 aliphatic carbocycles. The summed E-state index contributed by atoms with van der Waals surface area (Å²) in [5.74, 6) is -1.53. The average molecular weight is 517 g/mol. The Morgan fingerprint density at radius 1 is 0.789 bits per heavy atom. The Morgan fingerprint density at radius 2 is 1.34 bits per heavy atom. The first kappa shape index (κ1) is 26.6. The zero-order valence-electron chi connectivity index (χ0n) is 21.3. The number of nitrogens with one attached hydrogen (secondary N) is 5. The van der Waals surface area contributed by atoms with Crippen molar-refractivity contribution in [1.82, 2.24) is 25.9 Å².